The van der Waals surface area contributed by atoms with Crippen molar-refractivity contribution in [1.82, 2.24) is 0 Å². The minimum absolute atomic E-state index is 0.363. The van der Waals surface area contributed by atoms with Crippen LogP contribution in [-0.2, 0) is 15.1 Å². The maximum Gasteiger partial charge on any atom is 0.333 e. The first-order valence-electron chi connectivity index (χ1n) is 9.07. The van der Waals surface area contributed by atoms with E-state index in [1.165, 1.54) is 5.39 Å². The molecule has 0 radical (unpaired) electrons. The molecule has 0 fully saturated rings. The molecule has 3 aromatic carbocycles. The van der Waals surface area contributed by atoms with E-state index in [1.54, 1.807) is 13.0 Å². The Morgan fingerprint density at radius 2 is 1.57 bits per heavy atom. The van der Waals surface area contributed by atoms with Gasteiger partial charge in [-0.2, -0.15) is 0 Å². The van der Waals surface area contributed by atoms with Crippen LogP contribution in [0.15, 0.2) is 91.2 Å². The number of fused-ring (bicyclic) bond motifs is 1. The standard InChI is InChI=1S/C17H18O2.C8H8O/c1-12(2)16(18)19-17(3,4)15-10-9-13-7-5-6-8-14(13)11-15;9-7-6-8-4-2-1-3-5-8/h5-11H,1H2,2-4H3;1-7,9H. The van der Waals surface area contributed by atoms with Gasteiger partial charge in [0.1, 0.15) is 5.60 Å². The van der Waals surface area contributed by atoms with Gasteiger partial charge in [0.2, 0.25) is 0 Å². The lowest BCUT2D eigenvalue weighted by Crippen LogP contribution is -2.25. The van der Waals surface area contributed by atoms with Gasteiger partial charge in [-0.05, 0) is 54.8 Å². The van der Waals surface area contributed by atoms with Gasteiger partial charge in [0.15, 0.2) is 0 Å². The fourth-order valence-electron chi connectivity index (χ4n) is 2.59. The van der Waals surface area contributed by atoms with Crippen LogP contribution in [0.2, 0.25) is 0 Å². The lowest BCUT2D eigenvalue weighted by molar-refractivity contribution is -0.152. The lowest BCUT2D eigenvalue weighted by Gasteiger charge is -2.26. The number of rotatable bonds is 4. The predicted molar refractivity (Wildman–Crippen MR) is 116 cm³/mol. The zero-order valence-corrected chi connectivity index (χ0v) is 16.6. The molecule has 0 aliphatic heterocycles. The molecule has 0 aliphatic rings. The lowest BCUT2D eigenvalue weighted by atomic mass is 9.95. The minimum Gasteiger partial charge on any atom is -0.516 e. The number of hydrogen-bond donors (Lipinski definition) is 1. The molecule has 0 amide bonds. The van der Waals surface area contributed by atoms with Crippen LogP contribution < -0.4 is 0 Å². The van der Waals surface area contributed by atoms with E-state index in [1.807, 2.05) is 68.4 Å². The molecule has 0 spiro atoms. The molecule has 0 unspecified atom stereocenters. The maximum absolute atomic E-state index is 11.7. The molecule has 28 heavy (non-hydrogen) atoms. The molecule has 0 bridgehead atoms. The first kappa shape index (κ1) is 21.0. The van der Waals surface area contributed by atoms with Crippen LogP contribution in [0.4, 0.5) is 0 Å². The molecule has 144 valence electrons. The zero-order valence-electron chi connectivity index (χ0n) is 16.6. The van der Waals surface area contributed by atoms with Crippen molar-refractivity contribution in [1.29, 1.82) is 0 Å². The molecule has 0 atom stereocenters. The fourth-order valence-corrected chi connectivity index (χ4v) is 2.59. The normalized spacial score (nSPS) is 11.0. The number of aliphatic hydroxyl groups is 1. The zero-order chi connectivity index (χ0) is 20.6. The smallest absolute Gasteiger partial charge is 0.333 e. The highest BCUT2D eigenvalue weighted by atomic mass is 16.6. The second-order valence-corrected chi connectivity index (χ2v) is 6.97. The molecular formula is C25H26O3. The SMILES string of the molecule is C=C(C)C(=O)OC(C)(C)c1ccc2ccccc2c1.OC=Cc1ccccc1. The Hall–Kier alpha value is -3.33. The molecule has 3 aromatic rings. The van der Waals surface area contributed by atoms with Crippen LogP contribution in [0.25, 0.3) is 16.8 Å². The van der Waals surface area contributed by atoms with Gasteiger partial charge in [-0.25, -0.2) is 4.79 Å². The van der Waals surface area contributed by atoms with Crippen LogP contribution in [0, 0.1) is 0 Å². The molecule has 3 heteroatoms. The summed E-state index contributed by atoms with van der Waals surface area (Å²) in [4.78, 5) is 11.7. The average molecular weight is 374 g/mol. The van der Waals surface area contributed by atoms with Gasteiger partial charge >= 0.3 is 5.97 Å². The number of carbonyl (C=O) groups is 1. The maximum atomic E-state index is 11.7. The Morgan fingerprint density at radius 3 is 2.18 bits per heavy atom. The second kappa shape index (κ2) is 9.56. The van der Waals surface area contributed by atoms with Crippen molar-refractivity contribution >= 4 is 22.8 Å². The topological polar surface area (TPSA) is 46.5 Å². The fraction of sp³-hybridized carbons (Fsp3) is 0.160. The van der Waals surface area contributed by atoms with Gasteiger partial charge in [0.05, 0.1) is 6.26 Å². The number of aliphatic hydroxyl groups excluding tert-OH is 1. The van der Waals surface area contributed by atoms with Gasteiger partial charge in [0.25, 0.3) is 0 Å². The Bertz CT molecular complexity index is 969. The number of hydrogen-bond acceptors (Lipinski definition) is 3. The van der Waals surface area contributed by atoms with Gasteiger partial charge in [-0.1, -0.05) is 73.3 Å². The molecular weight excluding hydrogens is 348 g/mol. The molecule has 3 nitrogen and oxygen atoms in total. The summed E-state index contributed by atoms with van der Waals surface area (Å²) in [5, 5.41) is 10.7. The Morgan fingerprint density at radius 1 is 0.964 bits per heavy atom. The summed E-state index contributed by atoms with van der Waals surface area (Å²) in [6.07, 6.45) is 2.68. The minimum atomic E-state index is -0.667. The van der Waals surface area contributed by atoms with E-state index in [4.69, 9.17) is 9.84 Å². The van der Waals surface area contributed by atoms with Crippen molar-refractivity contribution in [2.24, 2.45) is 0 Å². The van der Waals surface area contributed by atoms with Crippen molar-refractivity contribution in [3.8, 4) is 0 Å². The monoisotopic (exact) mass is 374 g/mol. The number of ether oxygens (including phenoxy) is 1. The molecule has 0 saturated carbocycles. The van der Waals surface area contributed by atoms with Crippen LogP contribution in [0.5, 0.6) is 0 Å². The van der Waals surface area contributed by atoms with Crippen LogP contribution in [-0.4, -0.2) is 11.1 Å². The van der Waals surface area contributed by atoms with Gasteiger partial charge in [0, 0.05) is 5.57 Å². The Balaban J connectivity index is 0.000000261. The summed E-state index contributed by atoms with van der Waals surface area (Å²) >= 11 is 0. The van der Waals surface area contributed by atoms with Crippen molar-refractivity contribution in [2.45, 2.75) is 26.4 Å². The molecule has 0 aromatic heterocycles. The van der Waals surface area contributed by atoms with Crippen LogP contribution in [0.3, 0.4) is 0 Å². The van der Waals surface area contributed by atoms with E-state index in [0.717, 1.165) is 22.8 Å². The van der Waals surface area contributed by atoms with Gasteiger partial charge in [-0.15, -0.1) is 0 Å². The molecule has 0 saturated heterocycles. The summed E-state index contributed by atoms with van der Waals surface area (Å²) in [7, 11) is 0. The number of benzene rings is 3. The van der Waals surface area contributed by atoms with E-state index in [2.05, 4.69) is 24.8 Å². The van der Waals surface area contributed by atoms with Crippen LogP contribution >= 0.6 is 0 Å². The summed E-state index contributed by atoms with van der Waals surface area (Å²) < 4.78 is 5.50. The van der Waals surface area contributed by atoms with Gasteiger partial charge < -0.3 is 9.84 Å². The quantitative estimate of drug-likeness (QED) is 0.326. The van der Waals surface area contributed by atoms with E-state index < -0.39 is 5.60 Å². The Kier molecular flexibility index (Phi) is 7.16. The number of carbonyl (C=O) groups excluding carboxylic acids is 1. The van der Waals surface area contributed by atoms with E-state index in [9.17, 15) is 4.79 Å². The largest absolute Gasteiger partial charge is 0.516 e. The third kappa shape index (κ3) is 5.85. The highest BCUT2D eigenvalue weighted by Gasteiger charge is 2.25. The second-order valence-electron chi connectivity index (χ2n) is 6.97. The van der Waals surface area contributed by atoms with E-state index in [-0.39, 0.29) is 5.97 Å². The first-order valence-corrected chi connectivity index (χ1v) is 9.07. The third-order valence-electron chi connectivity index (χ3n) is 4.21. The predicted octanol–water partition coefficient (Wildman–Crippen LogP) is 6.41. The average Bonchev–Trinajstić information content (AvgIpc) is 2.69. The van der Waals surface area contributed by atoms with E-state index in [0.29, 0.717) is 5.57 Å². The van der Waals surface area contributed by atoms with E-state index >= 15 is 0 Å². The Labute approximate surface area is 166 Å². The van der Waals surface area contributed by atoms with Crippen LogP contribution in [0.1, 0.15) is 31.9 Å². The summed E-state index contributed by atoms with van der Waals surface area (Å²) in [5.41, 5.74) is 1.73. The highest BCUT2D eigenvalue weighted by molar-refractivity contribution is 5.87. The molecule has 0 aliphatic carbocycles. The molecule has 1 N–H and O–H groups in total. The third-order valence-corrected chi connectivity index (χ3v) is 4.21. The summed E-state index contributed by atoms with van der Waals surface area (Å²) in [6, 6.07) is 23.9. The van der Waals surface area contributed by atoms with Gasteiger partial charge in [-0.3, -0.25) is 0 Å². The summed E-state index contributed by atoms with van der Waals surface area (Å²) in [6.45, 7) is 9.03. The highest BCUT2D eigenvalue weighted by Crippen LogP contribution is 2.28. The molecule has 0 heterocycles. The first-order chi connectivity index (χ1) is 13.3. The van der Waals surface area contributed by atoms with Crippen molar-refractivity contribution < 1.29 is 14.6 Å². The molecule has 3 rings (SSSR count). The van der Waals surface area contributed by atoms with Crippen molar-refractivity contribution in [2.75, 3.05) is 0 Å². The van der Waals surface area contributed by atoms with Crippen molar-refractivity contribution in [3.63, 3.8) is 0 Å². The number of esters is 1. The van der Waals surface area contributed by atoms with Crippen molar-refractivity contribution in [3.05, 3.63) is 102 Å². The summed E-state index contributed by atoms with van der Waals surface area (Å²) in [5.74, 6) is -0.363.